The molecule has 0 saturated heterocycles. The summed E-state index contributed by atoms with van der Waals surface area (Å²) in [7, 11) is 0. The Labute approximate surface area is 83.1 Å². The predicted octanol–water partition coefficient (Wildman–Crippen LogP) is 0.122. The van der Waals surface area contributed by atoms with Crippen LogP contribution in [-0.4, -0.2) is 31.3 Å². The molecule has 82 valence electrons. The van der Waals surface area contributed by atoms with Gasteiger partial charge in [0.15, 0.2) is 5.54 Å². The van der Waals surface area contributed by atoms with E-state index in [9.17, 15) is 9.18 Å². The van der Waals surface area contributed by atoms with Crippen LogP contribution in [-0.2, 0) is 9.53 Å². The number of hydrogen-bond donors (Lipinski definition) is 2. The van der Waals surface area contributed by atoms with Gasteiger partial charge < -0.3 is 16.2 Å². The lowest BCUT2D eigenvalue weighted by molar-refractivity contribution is -0.148. The van der Waals surface area contributed by atoms with Crippen molar-refractivity contribution in [2.24, 2.45) is 11.5 Å². The van der Waals surface area contributed by atoms with Gasteiger partial charge in [0.2, 0.25) is 0 Å². The second kappa shape index (κ2) is 5.72. The summed E-state index contributed by atoms with van der Waals surface area (Å²) in [6.45, 7) is 2.59. The molecule has 0 rings (SSSR count). The highest BCUT2D eigenvalue weighted by molar-refractivity contribution is 5.84. The molecule has 0 aromatic rings. The van der Waals surface area contributed by atoms with Gasteiger partial charge in [-0.2, -0.15) is 0 Å². The third-order valence-corrected chi connectivity index (χ3v) is 1.98. The molecule has 0 aromatic carbocycles. The quantitative estimate of drug-likeness (QED) is 0.492. The third kappa shape index (κ3) is 2.78. The number of nitrogens with two attached hydrogens (primary N) is 2. The molecule has 14 heavy (non-hydrogen) atoms. The van der Waals surface area contributed by atoms with Crippen LogP contribution in [0.3, 0.4) is 0 Å². The number of ether oxygens (including phenoxy) is 1. The Balaban J connectivity index is 4.78. The van der Waals surface area contributed by atoms with Gasteiger partial charge in [-0.1, -0.05) is 6.08 Å². The van der Waals surface area contributed by atoms with E-state index in [0.29, 0.717) is 5.57 Å². The monoisotopic (exact) mass is 204 g/mol. The zero-order valence-corrected chi connectivity index (χ0v) is 8.55. The van der Waals surface area contributed by atoms with Gasteiger partial charge in [0.25, 0.3) is 0 Å². The lowest BCUT2D eigenvalue weighted by atomic mass is 9.93. The van der Waals surface area contributed by atoms with Crippen LogP contribution in [0.1, 0.15) is 13.8 Å². The van der Waals surface area contributed by atoms with Crippen LogP contribution in [0, 0.1) is 0 Å². The van der Waals surface area contributed by atoms with E-state index in [2.05, 4.69) is 4.74 Å². The van der Waals surface area contributed by atoms with E-state index in [0.717, 1.165) is 0 Å². The minimum Gasteiger partial charge on any atom is -0.464 e. The second-order valence-corrected chi connectivity index (χ2v) is 2.95. The van der Waals surface area contributed by atoms with Crippen LogP contribution in [0.15, 0.2) is 11.6 Å². The zero-order chi connectivity index (χ0) is 11.2. The van der Waals surface area contributed by atoms with Crippen LogP contribution in [0.5, 0.6) is 0 Å². The maximum Gasteiger partial charge on any atom is 0.333 e. The molecule has 1 atom stereocenters. The molecule has 0 radical (unpaired) electrons. The predicted molar refractivity (Wildman–Crippen MR) is 52.3 cm³/mol. The molecule has 0 aliphatic heterocycles. The molecule has 0 saturated carbocycles. The molecule has 0 spiro atoms. The van der Waals surface area contributed by atoms with Crippen LogP contribution >= 0.6 is 0 Å². The first-order valence-corrected chi connectivity index (χ1v) is 4.42. The largest absolute Gasteiger partial charge is 0.464 e. The number of hydrogen-bond acceptors (Lipinski definition) is 4. The van der Waals surface area contributed by atoms with E-state index in [4.69, 9.17) is 11.5 Å². The molecule has 0 aromatic heterocycles. The minimum atomic E-state index is -1.69. The van der Waals surface area contributed by atoms with Crippen molar-refractivity contribution in [1.29, 1.82) is 0 Å². The number of alkyl halides is 1. The number of esters is 1. The summed E-state index contributed by atoms with van der Waals surface area (Å²) < 4.78 is 17.4. The van der Waals surface area contributed by atoms with Gasteiger partial charge in [-0.3, -0.25) is 0 Å². The fourth-order valence-electron chi connectivity index (χ4n) is 0.940. The second-order valence-electron chi connectivity index (χ2n) is 2.95. The molecule has 0 aliphatic rings. The molecule has 4 N–H and O–H groups in total. The number of rotatable bonds is 5. The van der Waals surface area contributed by atoms with E-state index in [1.54, 1.807) is 13.8 Å². The Morgan fingerprint density at radius 1 is 1.64 bits per heavy atom. The van der Waals surface area contributed by atoms with Crippen molar-refractivity contribution in [2.75, 3.05) is 19.8 Å². The summed E-state index contributed by atoms with van der Waals surface area (Å²) in [5.41, 5.74) is 9.54. The Bertz CT molecular complexity index is 231. The van der Waals surface area contributed by atoms with Gasteiger partial charge in [0, 0.05) is 6.54 Å². The van der Waals surface area contributed by atoms with E-state index in [1.807, 2.05) is 0 Å². The molecule has 1 unspecified atom stereocenters. The number of carbonyl (C=O) groups excluding carboxylic acids is 1. The Morgan fingerprint density at radius 3 is 2.57 bits per heavy atom. The highest BCUT2D eigenvalue weighted by Gasteiger charge is 2.37. The molecule has 4 nitrogen and oxygen atoms in total. The average molecular weight is 204 g/mol. The van der Waals surface area contributed by atoms with Crippen LogP contribution in [0.4, 0.5) is 4.39 Å². The fourth-order valence-corrected chi connectivity index (χ4v) is 0.940. The topological polar surface area (TPSA) is 78.3 Å². The van der Waals surface area contributed by atoms with Crippen molar-refractivity contribution < 1.29 is 13.9 Å². The first kappa shape index (κ1) is 13.1. The summed E-state index contributed by atoms with van der Waals surface area (Å²) in [5, 5.41) is 0. The lowest BCUT2D eigenvalue weighted by Crippen LogP contribution is -2.52. The van der Waals surface area contributed by atoms with Gasteiger partial charge >= 0.3 is 5.97 Å². The summed E-state index contributed by atoms with van der Waals surface area (Å²) >= 11 is 0. The van der Waals surface area contributed by atoms with Gasteiger partial charge in [-0.25, -0.2) is 9.18 Å². The van der Waals surface area contributed by atoms with Crippen molar-refractivity contribution in [3.8, 4) is 0 Å². The Morgan fingerprint density at radius 2 is 2.21 bits per heavy atom. The minimum absolute atomic E-state index is 0.174. The standard InChI is InChI=1S/C9H17FN2O2/c1-3-14-8(13)9(12,6-10)7(2)4-5-11/h4H,3,5-6,11-12H2,1-2H3/b7-4+. The van der Waals surface area contributed by atoms with E-state index in [1.165, 1.54) is 6.08 Å². The Hall–Kier alpha value is -0.940. The number of halogens is 1. The fraction of sp³-hybridized carbons (Fsp3) is 0.667. The molecule has 5 heteroatoms. The first-order valence-electron chi connectivity index (χ1n) is 4.42. The maximum atomic E-state index is 12.7. The maximum absolute atomic E-state index is 12.7. The van der Waals surface area contributed by atoms with Gasteiger partial charge in [-0.15, -0.1) is 0 Å². The summed E-state index contributed by atoms with van der Waals surface area (Å²) in [4.78, 5) is 11.3. The van der Waals surface area contributed by atoms with Crippen molar-refractivity contribution >= 4 is 5.97 Å². The van der Waals surface area contributed by atoms with Gasteiger partial charge in [-0.05, 0) is 19.4 Å². The molecular formula is C9H17FN2O2. The zero-order valence-electron chi connectivity index (χ0n) is 8.55. The highest BCUT2D eigenvalue weighted by atomic mass is 19.1. The SMILES string of the molecule is CCOC(=O)C(N)(CF)/C(C)=C/CN. The molecule has 0 fully saturated rings. The lowest BCUT2D eigenvalue weighted by Gasteiger charge is -2.24. The van der Waals surface area contributed by atoms with E-state index in [-0.39, 0.29) is 13.2 Å². The molecule has 0 amide bonds. The molecule has 0 bridgehead atoms. The summed E-state index contributed by atoms with van der Waals surface area (Å²) in [6.07, 6.45) is 1.51. The normalized spacial score (nSPS) is 16.2. The summed E-state index contributed by atoms with van der Waals surface area (Å²) in [6, 6.07) is 0. The average Bonchev–Trinajstić information content (AvgIpc) is 2.17. The number of carbonyl (C=O) groups is 1. The van der Waals surface area contributed by atoms with E-state index >= 15 is 0 Å². The van der Waals surface area contributed by atoms with Crippen molar-refractivity contribution in [1.82, 2.24) is 0 Å². The smallest absolute Gasteiger partial charge is 0.333 e. The molecule has 0 heterocycles. The van der Waals surface area contributed by atoms with E-state index < -0.39 is 18.2 Å². The van der Waals surface area contributed by atoms with Gasteiger partial charge in [0.05, 0.1) is 6.61 Å². The summed E-state index contributed by atoms with van der Waals surface area (Å²) in [5.74, 6) is -0.760. The van der Waals surface area contributed by atoms with Crippen LogP contribution < -0.4 is 11.5 Å². The third-order valence-electron chi connectivity index (χ3n) is 1.98. The highest BCUT2D eigenvalue weighted by Crippen LogP contribution is 2.16. The van der Waals surface area contributed by atoms with Gasteiger partial charge in [0.1, 0.15) is 6.67 Å². The van der Waals surface area contributed by atoms with Crippen molar-refractivity contribution in [2.45, 2.75) is 19.4 Å². The van der Waals surface area contributed by atoms with Crippen LogP contribution in [0.2, 0.25) is 0 Å². The van der Waals surface area contributed by atoms with Crippen molar-refractivity contribution in [3.63, 3.8) is 0 Å². The first-order chi connectivity index (χ1) is 6.52. The van der Waals surface area contributed by atoms with Crippen molar-refractivity contribution in [3.05, 3.63) is 11.6 Å². The van der Waals surface area contributed by atoms with Crippen LogP contribution in [0.25, 0.3) is 0 Å². The Kier molecular flexibility index (Phi) is 5.34. The molecule has 0 aliphatic carbocycles. The molecular weight excluding hydrogens is 187 g/mol.